The number of nitrogens with zero attached hydrogens (tertiary/aromatic N) is 1. The number of rotatable bonds is 6. The number of amides is 3. The number of carbonyl (C=O) groups is 3. The zero-order valence-electron chi connectivity index (χ0n) is 20.4. The SMILES string of the molecule is CC(C)(C)OC(=O)N[C@@H](C[C@H]1[C@H]2C[C@@H]3C[C@@H](C2)[C@@H]1C3)C(=O)N1C(=O)OC[C@@H]1Cc1ccccc1. The fourth-order valence-electron chi connectivity index (χ4n) is 7.12. The van der Waals surface area contributed by atoms with E-state index in [1.165, 1.54) is 30.6 Å². The minimum atomic E-state index is -0.804. The van der Waals surface area contributed by atoms with E-state index >= 15 is 0 Å². The molecular formula is C27H36N2O5. The van der Waals surface area contributed by atoms with Gasteiger partial charge in [0.05, 0.1) is 6.04 Å². The summed E-state index contributed by atoms with van der Waals surface area (Å²) >= 11 is 0. The van der Waals surface area contributed by atoms with Crippen molar-refractivity contribution in [3.05, 3.63) is 35.9 Å². The third kappa shape index (κ3) is 4.66. The smallest absolute Gasteiger partial charge is 0.417 e. The van der Waals surface area contributed by atoms with Crippen LogP contribution in [0.15, 0.2) is 30.3 Å². The Morgan fingerprint density at radius 1 is 1.12 bits per heavy atom. The van der Waals surface area contributed by atoms with Gasteiger partial charge in [0.1, 0.15) is 18.2 Å². The van der Waals surface area contributed by atoms with Gasteiger partial charge >= 0.3 is 12.2 Å². The van der Waals surface area contributed by atoms with Crippen LogP contribution in [0.25, 0.3) is 0 Å². The average Bonchev–Trinajstić information content (AvgIpc) is 3.34. The van der Waals surface area contributed by atoms with Crippen LogP contribution in [0.4, 0.5) is 9.59 Å². The molecule has 4 saturated carbocycles. The van der Waals surface area contributed by atoms with Gasteiger partial charge in [-0.1, -0.05) is 30.3 Å². The first-order valence-corrected chi connectivity index (χ1v) is 12.7. The largest absolute Gasteiger partial charge is 0.447 e. The molecule has 4 aliphatic carbocycles. The molecule has 7 nitrogen and oxygen atoms in total. The Morgan fingerprint density at radius 2 is 1.85 bits per heavy atom. The minimum Gasteiger partial charge on any atom is -0.447 e. The van der Waals surface area contributed by atoms with Crippen LogP contribution in [0.1, 0.15) is 58.4 Å². The minimum absolute atomic E-state index is 0.164. The second-order valence-electron chi connectivity index (χ2n) is 11.7. The predicted octanol–water partition coefficient (Wildman–Crippen LogP) is 4.54. The number of hydrogen-bond donors (Lipinski definition) is 1. The van der Waals surface area contributed by atoms with Gasteiger partial charge in [-0.05, 0) is 94.4 Å². The number of ether oxygens (including phenoxy) is 2. The van der Waals surface area contributed by atoms with Crippen molar-refractivity contribution in [2.24, 2.45) is 29.6 Å². The van der Waals surface area contributed by atoms with E-state index in [9.17, 15) is 14.4 Å². The van der Waals surface area contributed by atoms with Gasteiger partial charge in [0, 0.05) is 0 Å². The number of hydrogen-bond acceptors (Lipinski definition) is 5. The van der Waals surface area contributed by atoms with Crippen LogP contribution in [-0.4, -0.2) is 47.3 Å². The van der Waals surface area contributed by atoms with Crippen molar-refractivity contribution in [3.63, 3.8) is 0 Å². The Labute approximate surface area is 201 Å². The average molecular weight is 469 g/mol. The molecule has 0 aromatic heterocycles. The zero-order valence-corrected chi connectivity index (χ0v) is 20.4. The summed E-state index contributed by atoms with van der Waals surface area (Å²) in [6.07, 6.45) is 4.85. The molecule has 184 valence electrons. The van der Waals surface area contributed by atoms with E-state index in [0.717, 1.165) is 17.4 Å². The van der Waals surface area contributed by atoms with Crippen LogP contribution in [0.2, 0.25) is 0 Å². The molecule has 4 bridgehead atoms. The summed E-state index contributed by atoms with van der Waals surface area (Å²) in [6.45, 7) is 5.56. The number of nitrogens with one attached hydrogen (secondary N) is 1. The van der Waals surface area contributed by atoms with Crippen molar-refractivity contribution in [1.82, 2.24) is 10.2 Å². The van der Waals surface area contributed by atoms with E-state index in [-0.39, 0.29) is 18.6 Å². The topological polar surface area (TPSA) is 84.9 Å². The van der Waals surface area contributed by atoms with Gasteiger partial charge in [0.2, 0.25) is 0 Å². The monoisotopic (exact) mass is 468 g/mol. The Hall–Kier alpha value is -2.57. The fourth-order valence-corrected chi connectivity index (χ4v) is 7.12. The molecular weight excluding hydrogens is 432 g/mol. The van der Waals surface area contributed by atoms with Gasteiger partial charge in [-0.2, -0.15) is 0 Å². The highest BCUT2D eigenvalue weighted by Gasteiger charge is 2.54. The van der Waals surface area contributed by atoms with Crippen LogP contribution >= 0.6 is 0 Å². The fraction of sp³-hybridized carbons (Fsp3) is 0.667. The number of alkyl carbamates (subject to hydrolysis) is 1. The number of imide groups is 1. The van der Waals surface area contributed by atoms with E-state index < -0.39 is 23.8 Å². The maximum Gasteiger partial charge on any atom is 0.417 e. The third-order valence-corrected chi connectivity index (χ3v) is 8.25. The molecule has 1 saturated heterocycles. The Morgan fingerprint density at radius 3 is 2.56 bits per heavy atom. The van der Waals surface area contributed by atoms with E-state index in [0.29, 0.717) is 30.6 Å². The molecule has 0 unspecified atom stereocenters. The van der Waals surface area contributed by atoms with Crippen LogP contribution in [0.3, 0.4) is 0 Å². The molecule has 5 fully saturated rings. The lowest BCUT2D eigenvalue weighted by molar-refractivity contribution is -0.132. The maximum atomic E-state index is 13.8. The first-order valence-electron chi connectivity index (χ1n) is 12.7. The third-order valence-electron chi connectivity index (χ3n) is 8.25. The lowest BCUT2D eigenvalue weighted by Crippen LogP contribution is -2.53. The summed E-state index contributed by atoms with van der Waals surface area (Å²) in [4.78, 5) is 40.4. The number of cyclic esters (lactones) is 1. The summed E-state index contributed by atoms with van der Waals surface area (Å²) in [6, 6.07) is 8.59. The summed E-state index contributed by atoms with van der Waals surface area (Å²) in [5.74, 6) is 2.86. The van der Waals surface area contributed by atoms with Gasteiger partial charge in [0.25, 0.3) is 5.91 Å². The van der Waals surface area contributed by atoms with E-state index in [1.54, 1.807) is 20.8 Å². The molecule has 1 aromatic rings. The van der Waals surface area contributed by atoms with Crippen molar-refractivity contribution in [3.8, 4) is 0 Å². The molecule has 6 rings (SSSR count). The highest BCUT2D eigenvalue weighted by atomic mass is 16.6. The molecule has 1 heterocycles. The van der Waals surface area contributed by atoms with Crippen LogP contribution < -0.4 is 5.32 Å². The summed E-state index contributed by atoms with van der Waals surface area (Å²) < 4.78 is 10.8. The van der Waals surface area contributed by atoms with Crippen molar-refractivity contribution in [2.75, 3.05) is 6.61 Å². The highest BCUT2D eigenvalue weighted by Crippen LogP contribution is 2.62. The Balaban J connectivity index is 1.35. The molecule has 7 heteroatoms. The molecule has 0 radical (unpaired) electrons. The van der Waals surface area contributed by atoms with Crippen LogP contribution in [0, 0.1) is 29.6 Å². The van der Waals surface area contributed by atoms with Crippen LogP contribution in [-0.2, 0) is 20.7 Å². The second kappa shape index (κ2) is 8.90. The number of benzene rings is 1. The molecule has 1 N–H and O–H groups in total. The molecule has 1 aromatic carbocycles. The van der Waals surface area contributed by atoms with Gasteiger partial charge in [0.15, 0.2) is 0 Å². The lowest BCUT2D eigenvalue weighted by Gasteiger charge is -2.35. The summed E-state index contributed by atoms with van der Waals surface area (Å²) in [7, 11) is 0. The lowest BCUT2D eigenvalue weighted by atomic mass is 9.73. The maximum absolute atomic E-state index is 13.8. The Bertz CT molecular complexity index is 938. The second-order valence-corrected chi connectivity index (χ2v) is 11.7. The number of carbonyl (C=O) groups excluding carboxylic acids is 3. The van der Waals surface area contributed by atoms with Gasteiger partial charge < -0.3 is 14.8 Å². The molecule has 7 atom stereocenters. The predicted molar refractivity (Wildman–Crippen MR) is 126 cm³/mol. The van der Waals surface area contributed by atoms with Crippen molar-refractivity contribution < 1.29 is 23.9 Å². The Kier molecular flexibility index (Phi) is 6.07. The quantitative estimate of drug-likeness (QED) is 0.662. The summed E-state index contributed by atoms with van der Waals surface area (Å²) in [5, 5.41) is 2.84. The van der Waals surface area contributed by atoms with Gasteiger partial charge in [-0.3, -0.25) is 4.79 Å². The van der Waals surface area contributed by atoms with Crippen molar-refractivity contribution in [2.45, 2.75) is 77.0 Å². The van der Waals surface area contributed by atoms with Gasteiger partial charge in [-0.25, -0.2) is 14.5 Å². The molecule has 5 aliphatic rings. The molecule has 1 aliphatic heterocycles. The normalized spacial score (nSPS) is 32.6. The molecule has 0 spiro atoms. The zero-order chi connectivity index (χ0) is 24.0. The standard InChI is InChI=1S/C27H36N2O5/c1-27(2,3)34-25(31)28-23(14-22-19-10-17-9-18(13-19)21(22)12-17)24(30)29-20(15-33-26(29)32)11-16-7-5-4-6-8-16/h4-8,17-23H,9-15H2,1-3H3,(H,28,31)/t17-,18-,19-,20-,21-,22-,23-/m0/s1. The highest BCUT2D eigenvalue weighted by molar-refractivity contribution is 5.97. The van der Waals surface area contributed by atoms with Gasteiger partial charge in [-0.15, -0.1) is 0 Å². The van der Waals surface area contributed by atoms with Crippen molar-refractivity contribution in [1.29, 1.82) is 0 Å². The molecule has 34 heavy (non-hydrogen) atoms. The van der Waals surface area contributed by atoms with E-state index in [1.807, 2.05) is 30.3 Å². The summed E-state index contributed by atoms with van der Waals surface area (Å²) in [5.41, 5.74) is 0.357. The first kappa shape index (κ1) is 23.2. The van der Waals surface area contributed by atoms with E-state index in [2.05, 4.69) is 5.32 Å². The molecule has 3 amide bonds. The van der Waals surface area contributed by atoms with Crippen LogP contribution in [0.5, 0.6) is 0 Å². The van der Waals surface area contributed by atoms with Crippen molar-refractivity contribution >= 4 is 18.1 Å². The van der Waals surface area contributed by atoms with E-state index in [4.69, 9.17) is 9.47 Å². The first-order chi connectivity index (χ1) is 16.2.